The number of hydrogen-bond acceptors (Lipinski definition) is 6. The summed E-state index contributed by atoms with van der Waals surface area (Å²) in [6.07, 6.45) is 18.1. The zero-order valence-corrected chi connectivity index (χ0v) is 22.7. The molecule has 0 amide bonds. The number of Topliss-reactive ketones (excluding diaryl/α,β-unsaturated/α-hetero) is 1. The third-order valence-electron chi connectivity index (χ3n) is 7.56. The molecule has 2 unspecified atom stereocenters. The predicted molar refractivity (Wildman–Crippen MR) is 148 cm³/mol. The normalized spacial score (nSPS) is 29.0. The average molecular weight is 539 g/mol. The van der Waals surface area contributed by atoms with E-state index in [1.54, 1.807) is 6.08 Å². The Morgan fingerprint density at radius 2 is 1.74 bits per heavy atom. The fourth-order valence-corrected chi connectivity index (χ4v) is 5.53. The quantitative estimate of drug-likeness (QED) is 0.251. The molecular weight excluding hydrogens is 496 g/mol. The molecule has 212 valence electrons. The molecule has 2 aliphatic heterocycles. The van der Waals surface area contributed by atoms with Crippen molar-refractivity contribution in [1.82, 2.24) is 0 Å². The molecule has 0 spiro atoms. The highest BCUT2D eigenvalue weighted by molar-refractivity contribution is 5.86. The third-order valence-corrected chi connectivity index (χ3v) is 7.56. The number of carbonyl (C=O) groups excluding carboxylic acids is 1. The van der Waals surface area contributed by atoms with Crippen LogP contribution in [0, 0.1) is 11.8 Å². The molecular formula is C32H42O7. The molecule has 6 atom stereocenters. The molecule has 4 rings (SSSR count). The summed E-state index contributed by atoms with van der Waals surface area (Å²) in [6.45, 7) is 1.41. The summed E-state index contributed by atoms with van der Waals surface area (Å²) in [5.74, 6) is -1.10. The average Bonchev–Trinajstić information content (AvgIpc) is 3.24. The van der Waals surface area contributed by atoms with Crippen LogP contribution in [-0.2, 0) is 35.0 Å². The van der Waals surface area contributed by atoms with E-state index in [1.165, 1.54) is 5.56 Å². The van der Waals surface area contributed by atoms with Gasteiger partial charge in [0.2, 0.25) is 0 Å². The Balaban J connectivity index is 1.47. The summed E-state index contributed by atoms with van der Waals surface area (Å²) >= 11 is 0. The molecule has 7 heteroatoms. The van der Waals surface area contributed by atoms with Gasteiger partial charge in [0, 0.05) is 44.0 Å². The number of rotatable bonds is 13. The molecule has 2 heterocycles. The van der Waals surface area contributed by atoms with Gasteiger partial charge in [-0.25, -0.2) is 4.79 Å². The summed E-state index contributed by atoms with van der Waals surface area (Å²) < 4.78 is 24.4. The number of carboxylic acids is 1. The Morgan fingerprint density at radius 1 is 1.00 bits per heavy atom. The molecule has 1 aromatic carbocycles. The fourth-order valence-electron chi connectivity index (χ4n) is 5.53. The largest absolute Gasteiger partial charge is 0.478 e. The third kappa shape index (κ3) is 9.84. The van der Waals surface area contributed by atoms with Gasteiger partial charge < -0.3 is 24.1 Å². The highest BCUT2D eigenvalue weighted by Gasteiger charge is 2.42. The summed E-state index contributed by atoms with van der Waals surface area (Å²) in [5.41, 5.74) is 1.17. The lowest BCUT2D eigenvalue weighted by molar-refractivity contribution is -0.195. The van der Waals surface area contributed by atoms with Crippen molar-refractivity contribution in [2.45, 2.75) is 89.0 Å². The Hall–Kier alpha value is -2.58. The van der Waals surface area contributed by atoms with Crippen molar-refractivity contribution in [1.29, 1.82) is 0 Å². The maximum atomic E-state index is 13.3. The second kappa shape index (κ2) is 15.9. The molecule has 39 heavy (non-hydrogen) atoms. The molecule has 0 aromatic heterocycles. The van der Waals surface area contributed by atoms with Gasteiger partial charge in [-0.3, -0.25) is 4.79 Å². The first-order valence-electron chi connectivity index (χ1n) is 14.4. The minimum absolute atomic E-state index is 0.0257. The van der Waals surface area contributed by atoms with Crippen LogP contribution in [0.2, 0.25) is 0 Å². The van der Waals surface area contributed by atoms with Crippen molar-refractivity contribution in [2.24, 2.45) is 11.8 Å². The van der Waals surface area contributed by atoms with E-state index in [0.717, 1.165) is 44.6 Å². The van der Waals surface area contributed by atoms with E-state index >= 15 is 0 Å². The Kier molecular flexibility index (Phi) is 12.0. The summed E-state index contributed by atoms with van der Waals surface area (Å²) in [4.78, 5) is 24.0. The van der Waals surface area contributed by atoms with Crippen LogP contribution in [-0.4, -0.2) is 54.9 Å². The smallest absolute Gasteiger partial charge is 0.327 e. The molecule has 2 saturated heterocycles. The van der Waals surface area contributed by atoms with Gasteiger partial charge in [0.15, 0.2) is 12.6 Å². The number of carbonyl (C=O) groups is 2. The number of aliphatic carboxylic acids is 1. The van der Waals surface area contributed by atoms with E-state index in [1.807, 2.05) is 42.5 Å². The monoisotopic (exact) mass is 538 g/mol. The van der Waals surface area contributed by atoms with E-state index in [-0.39, 0.29) is 42.4 Å². The lowest BCUT2D eigenvalue weighted by atomic mass is 9.89. The van der Waals surface area contributed by atoms with Gasteiger partial charge in [0.1, 0.15) is 5.78 Å². The van der Waals surface area contributed by atoms with Crippen LogP contribution in [0.4, 0.5) is 0 Å². The Bertz CT molecular complexity index is 973. The van der Waals surface area contributed by atoms with Crippen LogP contribution < -0.4 is 0 Å². The predicted octanol–water partition coefficient (Wildman–Crippen LogP) is 5.79. The van der Waals surface area contributed by atoms with Crippen LogP contribution >= 0.6 is 0 Å². The first-order chi connectivity index (χ1) is 19.1. The van der Waals surface area contributed by atoms with Gasteiger partial charge >= 0.3 is 5.97 Å². The van der Waals surface area contributed by atoms with Gasteiger partial charge in [0.05, 0.1) is 12.2 Å². The molecule has 0 bridgehead atoms. The molecule has 1 aliphatic carbocycles. The molecule has 1 aromatic rings. The molecule has 0 radical (unpaired) electrons. The highest BCUT2D eigenvalue weighted by Crippen LogP contribution is 2.37. The van der Waals surface area contributed by atoms with Gasteiger partial charge in [0.25, 0.3) is 0 Å². The summed E-state index contributed by atoms with van der Waals surface area (Å²) in [7, 11) is 0. The molecule has 7 nitrogen and oxygen atoms in total. The summed E-state index contributed by atoms with van der Waals surface area (Å²) in [6, 6.07) is 10.2. The van der Waals surface area contributed by atoms with E-state index in [2.05, 4.69) is 12.1 Å². The summed E-state index contributed by atoms with van der Waals surface area (Å²) in [5, 5.41) is 8.79. The van der Waals surface area contributed by atoms with E-state index < -0.39 is 5.97 Å². The minimum Gasteiger partial charge on any atom is -0.478 e. The SMILES string of the molecule is O=C(O)C=CCC=CC[C@H]1[C@@H](OC2CCCCO2)CC(=O)[C@@H]1C=C[C@H](Cc1ccccc1)OC1CCCCO1. The van der Waals surface area contributed by atoms with Gasteiger partial charge in [-0.15, -0.1) is 0 Å². The van der Waals surface area contributed by atoms with Gasteiger partial charge in [-0.1, -0.05) is 60.7 Å². The fraction of sp³-hybridized carbons (Fsp3) is 0.562. The maximum Gasteiger partial charge on any atom is 0.327 e. The molecule has 3 fully saturated rings. The second-order valence-corrected chi connectivity index (χ2v) is 10.6. The number of benzene rings is 1. The lowest BCUT2D eigenvalue weighted by Gasteiger charge is -2.29. The topological polar surface area (TPSA) is 91.3 Å². The first kappa shape index (κ1) is 29.4. The maximum absolute atomic E-state index is 13.3. The van der Waals surface area contributed by atoms with Crippen molar-refractivity contribution < 1.29 is 33.6 Å². The van der Waals surface area contributed by atoms with Crippen molar-refractivity contribution in [3.05, 3.63) is 72.4 Å². The van der Waals surface area contributed by atoms with Crippen molar-refractivity contribution in [3.63, 3.8) is 0 Å². The van der Waals surface area contributed by atoms with Crippen LogP contribution in [0.5, 0.6) is 0 Å². The van der Waals surface area contributed by atoms with Gasteiger partial charge in [-0.2, -0.15) is 0 Å². The molecule has 1 N–H and O–H groups in total. The van der Waals surface area contributed by atoms with Crippen LogP contribution in [0.25, 0.3) is 0 Å². The number of hydrogen-bond donors (Lipinski definition) is 1. The van der Waals surface area contributed by atoms with Crippen molar-refractivity contribution in [2.75, 3.05) is 13.2 Å². The van der Waals surface area contributed by atoms with Crippen LogP contribution in [0.1, 0.15) is 63.4 Å². The zero-order chi connectivity index (χ0) is 27.3. The van der Waals surface area contributed by atoms with E-state index in [0.29, 0.717) is 38.9 Å². The Morgan fingerprint density at radius 3 is 2.44 bits per heavy atom. The zero-order valence-electron chi connectivity index (χ0n) is 22.7. The lowest BCUT2D eigenvalue weighted by Crippen LogP contribution is -2.31. The van der Waals surface area contributed by atoms with Crippen molar-refractivity contribution >= 4 is 11.8 Å². The number of ketones is 1. The molecule has 1 saturated carbocycles. The molecule has 3 aliphatic rings. The van der Waals surface area contributed by atoms with E-state index in [4.69, 9.17) is 24.1 Å². The number of carboxylic acid groups (broad SMARTS) is 1. The minimum atomic E-state index is -0.957. The Labute approximate surface area is 231 Å². The highest BCUT2D eigenvalue weighted by atomic mass is 16.7. The number of ether oxygens (including phenoxy) is 4. The van der Waals surface area contributed by atoms with E-state index in [9.17, 15) is 9.59 Å². The standard InChI is InChI=1S/C32H42O7/c33-28-23-29(39-32-17-9-11-21-37-32)27(14-6-1-2-7-15-30(34)35)26(28)19-18-25(22-24-12-4-3-5-13-24)38-31-16-8-10-20-36-31/h1,3-7,12-13,15,18-19,25-27,29,31-32H,2,8-11,14,16-17,20-23H2,(H,34,35)/t25-,26-,27-,29+,31?,32?/m1/s1. The van der Waals surface area contributed by atoms with Crippen LogP contribution in [0.3, 0.4) is 0 Å². The second-order valence-electron chi connectivity index (χ2n) is 10.6. The van der Waals surface area contributed by atoms with Gasteiger partial charge in [-0.05, 0) is 56.9 Å². The number of allylic oxidation sites excluding steroid dienone is 4. The first-order valence-corrected chi connectivity index (χ1v) is 14.4. The van der Waals surface area contributed by atoms with Crippen molar-refractivity contribution in [3.8, 4) is 0 Å². The van der Waals surface area contributed by atoms with Crippen LogP contribution in [0.15, 0.2) is 66.8 Å².